The Morgan fingerprint density at radius 2 is 2.00 bits per heavy atom. The number of rotatable bonds is 2. The van der Waals surface area contributed by atoms with Gasteiger partial charge in [-0.3, -0.25) is 4.79 Å². The molecule has 2 heterocycles. The average Bonchev–Trinajstić information content (AvgIpc) is 3.10. The summed E-state index contributed by atoms with van der Waals surface area (Å²) in [5.74, 6) is 0.681. The molecule has 6 rings (SSSR count). The minimum absolute atomic E-state index is 0.0410. The summed E-state index contributed by atoms with van der Waals surface area (Å²) in [5, 5.41) is 3.95. The number of sulfonamides is 1. The summed E-state index contributed by atoms with van der Waals surface area (Å²) >= 11 is 6.41. The van der Waals surface area contributed by atoms with Gasteiger partial charge in [0, 0.05) is 37.2 Å². The molecular formula is C33H42ClN3O5S. The smallest absolute Gasteiger partial charge is 0.264 e. The van der Waals surface area contributed by atoms with E-state index in [1.54, 1.807) is 19.2 Å². The quantitative estimate of drug-likeness (QED) is 0.460. The van der Waals surface area contributed by atoms with Crippen molar-refractivity contribution in [3.8, 4) is 5.75 Å². The molecule has 232 valence electrons. The molecule has 0 radical (unpaired) electrons. The van der Waals surface area contributed by atoms with Crippen molar-refractivity contribution in [1.29, 1.82) is 0 Å². The van der Waals surface area contributed by atoms with Crippen molar-refractivity contribution in [1.82, 2.24) is 10.0 Å². The molecule has 1 spiro atoms. The maximum Gasteiger partial charge on any atom is 0.264 e. The molecule has 4 aliphatic rings. The zero-order valence-electron chi connectivity index (χ0n) is 25.1. The van der Waals surface area contributed by atoms with Gasteiger partial charge in [0.15, 0.2) is 0 Å². The van der Waals surface area contributed by atoms with Crippen LogP contribution < -0.4 is 19.7 Å². The second-order valence-electron chi connectivity index (χ2n) is 13.0. The summed E-state index contributed by atoms with van der Waals surface area (Å²) in [4.78, 5) is 15.6. The highest BCUT2D eigenvalue weighted by atomic mass is 35.5. The molecule has 5 atom stereocenters. The Bertz CT molecular complexity index is 1510. The molecule has 1 amide bonds. The van der Waals surface area contributed by atoms with Crippen LogP contribution in [-0.4, -0.2) is 59.8 Å². The molecule has 0 unspecified atom stereocenters. The van der Waals surface area contributed by atoms with Crippen molar-refractivity contribution in [2.45, 2.75) is 68.4 Å². The van der Waals surface area contributed by atoms with E-state index in [2.05, 4.69) is 33.1 Å². The number of methoxy groups -OCH3 is 1. The van der Waals surface area contributed by atoms with Crippen molar-refractivity contribution in [3.63, 3.8) is 0 Å². The van der Waals surface area contributed by atoms with E-state index < -0.39 is 22.0 Å². The summed E-state index contributed by atoms with van der Waals surface area (Å²) < 4.78 is 42.0. The number of fused-ring (bicyclic) bond motifs is 4. The van der Waals surface area contributed by atoms with Gasteiger partial charge in [-0.1, -0.05) is 43.7 Å². The molecule has 2 bridgehead atoms. The van der Waals surface area contributed by atoms with Crippen LogP contribution in [0.4, 0.5) is 5.69 Å². The predicted molar refractivity (Wildman–Crippen MR) is 168 cm³/mol. The van der Waals surface area contributed by atoms with Crippen molar-refractivity contribution in [3.05, 3.63) is 64.7 Å². The fourth-order valence-electron chi connectivity index (χ4n) is 7.48. The van der Waals surface area contributed by atoms with Gasteiger partial charge < -0.3 is 19.7 Å². The Kier molecular flexibility index (Phi) is 8.54. The standard InChI is InChI=1S/C33H42ClN3O5S/c1-21(2)31-32(38)36-43(39,40)25-10-13-30-28(17-25)37(18-23-8-11-26(23)29(41-3)7-5-15-35-31)19-33(20-42-30)14-4-6-22-16-24(34)9-12-27(22)33/h5,7,9-10,12-13,16-17,21,23,26,29,31,35H,4,6,8,11,14-15,18-20H2,1-3H3,(H,36,38)/b7-5+/t23-,26+,29+,31-,33-/m0/s1. The summed E-state index contributed by atoms with van der Waals surface area (Å²) in [7, 11) is -2.37. The second-order valence-corrected chi connectivity index (χ2v) is 15.1. The van der Waals surface area contributed by atoms with Crippen molar-refractivity contribution >= 4 is 33.2 Å². The lowest BCUT2D eigenvalue weighted by atomic mass is 9.68. The van der Waals surface area contributed by atoms with Gasteiger partial charge in [-0.15, -0.1) is 0 Å². The van der Waals surface area contributed by atoms with Crippen molar-refractivity contribution < 1.29 is 22.7 Å². The number of ether oxygens (including phenoxy) is 2. The first-order valence-electron chi connectivity index (χ1n) is 15.4. The zero-order valence-corrected chi connectivity index (χ0v) is 26.7. The SMILES string of the molecule is CO[C@@H]1/C=C/CN[C@@H](C(C)C)C(=O)NS(=O)(=O)c2ccc3c(c2)N(C[C@@H]2CC[C@H]21)C[C@@]1(CCCc2cc(Cl)ccc21)CO3. The average molecular weight is 628 g/mol. The molecular weight excluding hydrogens is 586 g/mol. The minimum Gasteiger partial charge on any atom is -0.490 e. The number of hydrogen-bond donors (Lipinski definition) is 2. The van der Waals surface area contributed by atoms with Crippen LogP contribution in [0.15, 0.2) is 53.4 Å². The number of hydrogen-bond acceptors (Lipinski definition) is 7. The van der Waals surface area contributed by atoms with Crippen LogP contribution in [0.2, 0.25) is 5.02 Å². The molecule has 2 aliphatic heterocycles. The Labute approximate surface area is 260 Å². The van der Waals surface area contributed by atoms with Gasteiger partial charge in [-0.05, 0) is 91.3 Å². The molecule has 0 saturated heterocycles. The molecule has 2 N–H and O–H groups in total. The number of carbonyl (C=O) groups is 1. The first kappa shape index (κ1) is 30.4. The predicted octanol–water partition coefficient (Wildman–Crippen LogP) is 4.84. The Morgan fingerprint density at radius 3 is 2.74 bits per heavy atom. The molecule has 2 aromatic carbocycles. The highest BCUT2D eigenvalue weighted by Gasteiger charge is 2.44. The number of anilines is 1. The van der Waals surface area contributed by atoms with Crippen LogP contribution in [0.1, 0.15) is 50.7 Å². The van der Waals surface area contributed by atoms with Crippen LogP contribution in [0.25, 0.3) is 0 Å². The Morgan fingerprint density at radius 1 is 1.16 bits per heavy atom. The van der Waals surface area contributed by atoms with E-state index in [-0.39, 0.29) is 22.3 Å². The van der Waals surface area contributed by atoms with Crippen molar-refractivity contribution in [2.24, 2.45) is 17.8 Å². The first-order chi connectivity index (χ1) is 20.6. The fourth-order valence-corrected chi connectivity index (χ4v) is 8.70. The summed E-state index contributed by atoms with van der Waals surface area (Å²) in [6.07, 6.45) is 9.15. The number of aryl methyl sites for hydroxylation is 1. The van der Waals surface area contributed by atoms with Crippen LogP contribution in [0, 0.1) is 17.8 Å². The van der Waals surface area contributed by atoms with Crippen molar-refractivity contribution in [2.75, 3.05) is 38.3 Å². The topological polar surface area (TPSA) is 97.0 Å². The summed E-state index contributed by atoms with van der Waals surface area (Å²) in [5.41, 5.74) is 3.00. The van der Waals surface area contributed by atoms with Crippen LogP contribution in [0.3, 0.4) is 0 Å². The largest absolute Gasteiger partial charge is 0.490 e. The highest BCUT2D eigenvalue weighted by Crippen LogP contribution is 2.47. The van der Waals surface area contributed by atoms with E-state index in [0.717, 1.165) is 49.4 Å². The Hall–Kier alpha value is -2.59. The molecule has 43 heavy (non-hydrogen) atoms. The van der Waals surface area contributed by atoms with Crippen LogP contribution in [0.5, 0.6) is 5.75 Å². The van der Waals surface area contributed by atoms with Gasteiger partial charge in [0.1, 0.15) is 5.75 Å². The number of benzene rings is 2. The van der Waals surface area contributed by atoms with Gasteiger partial charge in [0.2, 0.25) is 0 Å². The molecule has 1 saturated carbocycles. The summed E-state index contributed by atoms with van der Waals surface area (Å²) in [6.45, 7) is 6.17. The van der Waals surface area contributed by atoms with Crippen LogP contribution >= 0.6 is 11.6 Å². The molecule has 8 nitrogen and oxygen atoms in total. The van der Waals surface area contributed by atoms with Gasteiger partial charge in [0.05, 0.1) is 29.3 Å². The third-order valence-electron chi connectivity index (χ3n) is 9.91. The first-order valence-corrected chi connectivity index (χ1v) is 17.3. The van der Waals surface area contributed by atoms with Gasteiger partial charge >= 0.3 is 0 Å². The molecule has 10 heteroatoms. The third kappa shape index (κ3) is 5.93. The Balaban J connectivity index is 1.44. The molecule has 0 aromatic heterocycles. The summed E-state index contributed by atoms with van der Waals surface area (Å²) in [6, 6.07) is 10.5. The molecule has 2 aliphatic carbocycles. The lowest BCUT2D eigenvalue weighted by Crippen LogP contribution is -2.50. The number of nitrogens with one attached hydrogen (secondary N) is 2. The van der Waals surface area contributed by atoms with E-state index >= 15 is 0 Å². The third-order valence-corrected chi connectivity index (χ3v) is 11.5. The van der Waals surface area contributed by atoms with E-state index in [4.69, 9.17) is 21.1 Å². The lowest BCUT2D eigenvalue weighted by Gasteiger charge is -2.46. The van der Waals surface area contributed by atoms with Gasteiger partial charge in [-0.2, -0.15) is 0 Å². The van der Waals surface area contributed by atoms with E-state index in [0.29, 0.717) is 37.3 Å². The van der Waals surface area contributed by atoms with Gasteiger partial charge in [0.25, 0.3) is 15.9 Å². The monoisotopic (exact) mass is 627 g/mol. The van der Waals surface area contributed by atoms with E-state index in [1.807, 2.05) is 26.0 Å². The number of nitrogens with zero attached hydrogens (tertiary/aromatic N) is 1. The number of halogens is 1. The lowest BCUT2D eigenvalue weighted by molar-refractivity contribution is -0.122. The number of carbonyl (C=O) groups excluding carboxylic acids is 1. The fraction of sp³-hybridized carbons (Fsp3) is 0.545. The van der Waals surface area contributed by atoms with Gasteiger partial charge in [-0.25, -0.2) is 13.1 Å². The second kappa shape index (κ2) is 12.1. The minimum atomic E-state index is -4.12. The normalized spacial score (nSPS) is 31.2. The maximum absolute atomic E-state index is 13.6. The highest BCUT2D eigenvalue weighted by molar-refractivity contribution is 7.90. The zero-order chi connectivity index (χ0) is 30.4. The molecule has 2 aromatic rings. The molecule has 1 fully saturated rings. The maximum atomic E-state index is 13.6. The van der Waals surface area contributed by atoms with Crippen LogP contribution in [-0.2, 0) is 31.4 Å². The van der Waals surface area contributed by atoms with E-state index in [9.17, 15) is 13.2 Å². The number of amides is 1. The van der Waals surface area contributed by atoms with E-state index in [1.165, 1.54) is 17.2 Å².